The molecular formula is C14H18BrN3O. The van der Waals surface area contributed by atoms with Crippen LogP contribution in [0.1, 0.15) is 23.9 Å². The fourth-order valence-electron chi connectivity index (χ4n) is 1.89. The van der Waals surface area contributed by atoms with E-state index < -0.39 is 0 Å². The normalized spacial score (nSPS) is 10.9. The largest absolute Gasteiger partial charge is 0.399 e. The monoisotopic (exact) mass is 323 g/mol. The molecule has 2 rings (SSSR count). The van der Waals surface area contributed by atoms with Crippen LogP contribution < -0.4 is 5.73 Å². The Labute approximate surface area is 121 Å². The molecule has 1 heterocycles. The van der Waals surface area contributed by atoms with Crippen molar-refractivity contribution >= 4 is 21.6 Å². The minimum Gasteiger partial charge on any atom is -0.399 e. The molecule has 0 aliphatic heterocycles. The van der Waals surface area contributed by atoms with Gasteiger partial charge in [-0.25, -0.2) is 0 Å². The minimum absolute atomic E-state index is 0.541. The van der Waals surface area contributed by atoms with Crippen molar-refractivity contribution in [2.45, 2.75) is 33.6 Å². The average Bonchev–Trinajstić information content (AvgIpc) is 2.68. The third kappa shape index (κ3) is 3.36. The number of halogens is 1. The van der Waals surface area contributed by atoms with Crippen molar-refractivity contribution in [3.63, 3.8) is 0 Å². The van der Waals surface area contributed by atoms with Gasteiger partial charge >= 0.3 is 0 Å². The number of nitrogens with zero attached hydrogens (tertiary/aromatic N) is 2. The molecule has 102 valence electrons. The Hall–Kier alpha value is -1.33. The highest BCUT2D eigenvalue weighted by Gasteiger charge is 2.11. The molecule has 2 N–H and O–H groups in total. The molecule has 2 aromatic rings. The number of rotatable bonds is 5. The van der Waals surface area contributed by atoms with Crippen molar-refractivity contribution < 1.29 is 4.74 Å². The zero-order chi connectivity index (χ0) is 13.8. The average molecular weight is 324 g/mol. The molecule has 0 unspecified atom stereocenters. The van der Waals surface area contributed by atoms with E-state index in [0.29, 0.717) is 13.2 Å². The summed E-state index contributed by atoms with van der Waals surface area (Å²) < 4.78 is 8.75. The van der Waals surface area contributed by atoms with Gasteiger partial charge in [0.2, 0.25) is 0 Å². The molecular weight excluding hydrogens is 306 g/mol. The second kappa shape index (κ2) is 6.21. The van der Waals surface area contributed by atoms with Crippen LogP contribution in [-0.4, -0.2) is 9.78 Å². The predicted molar refractivity (Wildman–Crippen MR) is 79.7 cm³/mol. The van der Waals surface area contributed by atoms with E-state index in [1.54, 1.807) is 0 Å². The molecule has 0 saturated heterocycles. The van der Waals surface area contributed by atoms with Crippen LogP contribution in [0.4, 0.5) is 5.69 Å². The summed E-state index contributed by atoms with van der Waals surface area (Å²) in [6.45, 7) is 6.01. The third-order valence-electron chi connectivity index (χ3n) is 2.94. The van der Waals surface area contributed by atoms with E-state index in [4.69, 9.17) is 10.5 Å². The van der Waals surface area contributed by atoms with Gasteiger partial charge in [-0.3, -0.25) is 4.68 Å². The maximum Gasteiger partial charge on any atom is 0.0900 e. The number of aryl methyl sites for hydroxylation is 2. The lowest BCUT2D eigenvalue weighted by molar-refractivity contribution is 0.101. The van der Waals surface area contributed by atoms with Gasteiger partial charge in [0.25, 0.3) is 0 Å². The predicted octanol–water partition coefficient (Wildman–Crippen LogP) is 3.27. The summed E-state index contributed by atoms with van der Waals surface area (Å²) in [4.78, 5) is 0. The number of hydrogen-bond acceptors (Lipinski definition) is 3. The number of ether oxygens (including phenoxy) is 1. The number of benzene rings is 1. The first-order chi connectivity index (χ1) is 9.11. The Bertz CT molecular complexity index is 549. The van der Waals surface area contributed by atoms with E-state index in [1.807, 2.05) is 35.9 Å². The topological polar surface area (TPSA) is 53.1 Å². The highest BCUT2D eigenvalue weighted by atomic mass is 79.9. The molecule has 5 heteroatoms. The van der Waals surface area contributed by atoms with Crippen LogP contribution in [0.25, 0.3) is 0 Å². The lowest BCUT2D eigenvalue weighted by atomic mass is 10.2. The van der Waals surface area contributed by atoms with Crippen LogP contribution >= 0.6 is 15.9 Å². The lowest BCUT2D eigenvalue weighted by Crippen LogP contribution is -2.05. The van der Waals surface area contributed by atoms with Crippen molar-refractivity contribution in [1.29, 1.82) is 0 Å². The van der Waals surface area contributed by atoms with Gasteiger partial charge in [-0.1, -0.05) is 12.1 Å². The Morgan fingerprint density at radius 3 is 2.58 bits per heavy atom. The van der Waals surface area contributed by atoms with Crippen LogP contribution in [0, 0.1) is 6.92 Å². The SMILES string of the molecule is CCn1nc(C)c(Br)c1COCc1ccc(N)cc1. The Balaban J connectivity index is 1.97. The summed E-state index contributed by atoms with van der Waals surface area (Å²) in [6.07, 6.45) is 0. The van der Waals surface area contributed by atoms with Gasteiger partial charge in [0, 0.05) is 12.2 Å². The summed E-state index contributed by atoms with van der Waals surface area (Å²) in [5, 5.41) is 4.44. The smallest absolute Gasteiger partial charge is 0.0900 e. The Morgan fingerprint density at radius 1 is 1.26 bits per heavy atom. The highest BCUT2D eigenvalue weighted by Crippen LogP contribution is 2.22. The van der Waals surface area contributed by atoms with E-state index in [0.717, 1.165) is 33.7 Å². The molecule has 0 aliphatic carbocycles. The number of aromatic nitrogens is 2. The van der Waals surface area contributed by atoms with E-state index in [-0.39, 0.29) is 0 Å². The van der Waals surface area contributed by atoms with Crippen LogP contribution in [0.3, 0.4) is 0 Å². The van der Waals surface area contributed by atoms with Crippen molar-refractivity contribution in [3.05, 3.63) is 45.7 Å². The van der Waals surface area contributed by atoms with Gasteiger partial charge in [-0.05, 0) is 47.5 Å². The summed E-state index contributed by atoms with van der Waals surface area (Å²) in [5.41, 5.74) is 9.61. The molecule has 0 aliphatic rings. The molecule has 0 atom stereocenters. The number of nitrogen functional groups attached to an aromatic ring is 1. The van der Waals surface area contributed by atoms with Crippen LogP contribution in [0.2, 0.25) is 0 Å². The van der Waals surface area contributed by atoms with Crippen LogP contribution in [0.15, 0.2) is 28.7 Å². The van der Waals surface area contributed by atoms with Crippen molar-refractivity contribution in [1.82, 2.24) is 9.78 Å². The van der Waals surface area contributed by atoms with Gasteiger partial charge < -0.3 is 10.5 Å². The summed E-state index contributed by atoms with van der Waals surface area (Å²) in [6, 6.07) is 7.73. The van der Waals surface area contributed by atoms with Gasteiger partial charge in [-0.15, -0.1) is 0 Å². The van der Waals surface area contributed by atoms with E-state index in [1.165, 1.54) is 0 Å². The molecule has 4 nitrogen and oxygen atoms in total. The molecule has 0 saturated carbocycles. The quantitative estimate of drug-likeness (QED) is 0.859. The van der Waals surface area contributed by atoms with E-state index in [2.05, 4.69) is 28.0 Å². The maximum atomic E-state index is 5.75. The first kappa shape index (κ1) is 14.1. The molecule has 0 amide bonds. The van der Waals surface area contributed by atoms with Gasteiger partial charge in [0.15, 0.2) is 0 Å². The summed E-state index contributed by atoms with van der Waals surface area (Å²) >= 11 is 3.56. The van der Waals surface area contributed by atoms with E-state index in [9.17, 15) is 0 Å². The molecule has 0 bridgehead atoms. The Morgan fingerprint density at radius 2 is 1.95 bits per heavy atom. The molecule has 19 heavy (non-hydrogen) atoms. The van der Waals surface area contributed by atoms with Crippen molar-refractivity contribution in [2.75, 3.05) is 5.73 Å². The highest BCUT2D eigenvalue weighted by molar-refractivity contribution is 9.10. The summed E-state index contributed by atoms with van der Waals surface area (Å²) in [7, 11) is 0. The first-order valence-corrected chi connectivity index (χ1v) is 7.05. The van der Waals surface area contributed by atoms with Crippen molar-refractivity contribution in [2.24, 2.45) is 0 Å². The van der Waals surface area contributed by atoms with Gasteiger partial charge in [0.1, 0.15) is 0 Å². The fraction of sp³-hybridized carbons (Fsp3) is 0.357. The zero-order valence-corrected chi connectivity index (χ0v) is 12.8. The standard InChI is InChI=1S/C14H18BrN3O/c1-3-18-13(14(15)10(2)17-18)9-19-8-11-4-6-12(16)7-5-11/h4-7H,3,8-9,16H2,1-2H3. The van der Waals surface area contributed by atoms with Gasteiger partial charge in [0.05, 0.1) is 29.1 Å². The molecule has 0 radical (unpaired) electrons. The maximum absolute atomic E-state index is 5.75. The second-order valence-corrected chi connectivity index (χ2v) is 5.19. The van der Waals surface area contributed by atoms with Crippen molar-refractivity contribution in [3.8, 4) is 0 Å². The molecule has 0 spiro atoms. The Kier molecular flexibility index (Phi) is 4.61. The van der Waals surface area contributed by atoms with Gasteiger partial charge in [-0.2, -0.15) is 5.10 Å². The first-order valence-electron chi connectivity index (χ1n) is 6.25. The molecule has 0 fully saturated rings. The number of anilines is 1. The zero-order valence-electron chi connectivity index (χ0n) is 11.2. The van der Waals surface area contributed by atoms with Crippen LogP contribution in [-0.2, 0) is 24.5 Å². The van der Waals surface area contributed by atoms with E-state index >= 15 is 0 Å². The molecule has 1 aromatic heterocycles. The molecule has 1 aromatic carbocycles. The summed E-state index contributed by atoms with van der Waals surface area (Å²) in [5.74, 6) is 0. The second-order valence-electron chi connectivity index (χ2n) is 4.40. The fourth-order valence-corrected chi connectivity index (χ4v) is 2.28. The number of nitrogens with two attached hydrogens (primary N) is 1. The third-order valence-corrected chi connectivity index (χ3v) is 3.97. The lowest BCUT2D eigenvalue weighted by Gasteiger charge is -2.07. The number of hydrogen-bond donors (Lipinski definition) is 1. The van der Waals surface area contributed by atoms with Crippen LogP contribution in [0.5, 0.6) is 0 Å². The minimum atomic E-state index is 0.541.